The fourth-order valence-electron chi connectivity index (χ4n) is 0.513. The van der Waals surface area contributed by atoms with E-state index in [4.69, 9.17) is 0 Å². The van der Waals surface area contributed by atoms with Gasteiger partial charge in [-0.3, -0.25) is 0 Å². The predicted octanol–water partition coefficient (Wildman–Crippen LogP) is -0.0446. The van der Waals surface area contributed by atoms with E-state index in [2.05, 4.69) is 6.92 Å². The van der Waals surface area contributed by atoms with Gasteiger partial charge in [-0.2, -0.15) is 32.8 Å². The van der Waals surface area contributed by atoms with E-state index in [0.717, 1.165) is 0 Å². The molecule has 0 radical (unpaired) electrons. The molecule has 0 aliphatic carbocycles. The quantitative estimate of drug-likeness (QED) is 0.318. The molecule has 0 N–H and O–H groups in total. The van der Waals surface area contributed by atoms with Crippen LogP contribution < -0.4 is 29.6 Å². The van der Waals surface area contributed by atoms with E-state index in [1.165, 1.54) is 0 Å². The molecular weight excluding hydrogens is 197 g/mol. The Bertz CT molecular complexity index is 111. The SMILES string of the molecule is [CH2-]CC(C(F)(F)F)C(F)(F)F.[Na+]. The van der Waals surface area contributed by atoms with Crippen molar-refractivity contribution in [3.8, 4) is 0 Å². The molecule has 0 aromatic carbocycles. The van der Waals surface area contributed by atoms with Crippen LogP contribution in [0, 0.1) is 12.8 Å². The van der Waals surface area contributed by atoms with Gasteiger partial charge in [0.15, 0.2) is 0 Å². The molecule has 0 atom stereocenters. The molecule has 0 aromatic heterocycles. The van der Waals surface area contributed by atoms with Gasteiger partial charge in [-0.25, -0.2) is 0 Å². The standard InChI is InChI=1S/C5H5F6.Na/c1-2-3(4(6,7)8)5(9,10)11;/h3H,1-2H2;/q-1;+1. The third-order valence-corrected chi connectivity index (χ3v) is 1.08. The molecule has 0 heterocycles. The second-order valence-electron chi connectivity index (χ2n) is 1.92. The third kappa shape index (κ3) is 4.57. The van der Waals surface area contributed by atoms with Crippen molar-refractivity contribution in [1.29, 1.82) is 0 Å². The summed E-state index contributed by atoms with van der Waals surface area (Å²) in [5.74, 6) is -3.30. The molecule has 0 aliphatic rings. The molecule has 0 rings (SSSR count). The fourth-order valence-corrected chi connectivity index (χ4v) is 0.513. The molecule has 0 unspecified atom stereocenters. The summed E-state index contributed by atoms with van der Waals surface area (Å²) in [6.45, 7) is 2.58. The summed E-state index contributed by atoms with van der Waals surface area (Å²) in [5, 5.41) is 0. The van der Waals surface area contributed by atoms with E-state index in [0.29, 0.717) is 0 Å². The summed E-state index contributed by atoms with van der Waals surface area (Å²) in [5.41, 5.74) is 0. The Balaban J connectivity index is 0. The third-order valence-electron chi connectivity index (χ3n) is 1.08. The van der Waals surface area contributed by atoms with E-state index in [9.17, 15) is 26.3 Å². The topological polar surface area (TPSA) is 0 Å². The van der Waals surface area contributed by atoms with E-state index in [1.807, 2.05) is 0 Å². The monoisotopic (exact) mass is 202 g/mol. The van der Waals surface area contributed by atoms with Crippen molar-refractivity contribution in [2.45, 2.75) is 18.8 Å². The van der Waals surface area contributed by atoms with Gasteiger partial charge < -0.3 is 6.92 Å². The molecule has 12 heavy (non-hydrogen) atoms. The van der Waals surface area contributed by atoms with Crippen LogP contribution in [0.4, 0.5) is 26.3 Å². The Morgan fingerprint density at radius 3 is 1.17 bits per heavy atom. The molecule has 0 fully saturated rings. The number of rotatable bonds is 1. The Kier molecular flexibility index (Phi) is 5.92. The molecule has 0 nitrogen and oxygen atoms in total. The van der Waals surface area contributed by atoms with Crippen LogP contribution >= 0.6 is 0 Å². The zero-order chi connectivity index (χ0) is 9.28. The van der Waals surface area contributed by atoms with Crippen molar-refractivity contribution in [3.05, 3.63) is 6.92 Å². The van der Waals surface area contributed by atoms with Gasteiger partial charge in [-0.15, -0.1) is 0 Å². The van der Waals surface area contributed by atoms with E-state index >= 15 is 0 Å². The van der Waals surface area contributed by atoms with Crippen molar-refractivity contribution in [1.82, 2.24) is 0 Å². The van der Waals surface area contributed by atoms with Gasteiger partial charge in [0.2, 0.25) is 0 Å². The minimum atomic E-state index is -5.24. The van der Waals surface area contributed by atoms with Crippen LogP contribution in [0.1, 0.15) is 6.42 Å². The summed E-state index contributed by atoms with van der Waals surface area (Å²) >= 11 is 0. The first-order valence-electron chi connectivity index (χ1n) is 2.62. The fraction of sp³-hybridized carbons (Fsp3) is 0.800. The largest absolute Gasteiger partial charge is 1.00 e. The zero-order valence-corrected chi connectivity index (χ0v) is 8.26. The van der Waals surface area contributed by atoms with Crippen molar-refractivity contribution in [2.24, 2.45) is 5.92 Å². The minimum absolute atomic E-state index is 0. The van der Waals surface area contributed by atoms with Crippen LogP contribution in [0.3, 0.4) is 0 Å². The first kappa shape index (κ1) is 15.1. The van der Waals surface area contributed by atoms with Crippen LogP contribution in [0.2, 0.25) is 0 Å². The van der Waals surface area contributed by atoms with Crippen molar-refractivity contribution >= 4 is 0 Å². The number of halogens is 6. The summed E-state index contributed by atoms with van der Waals surface area (Å²) in [6, 6.07) is 0. The summed E-state index contributed by atoms with van der Waals surface area (Å²) in [6.07, 6.45) is -11.7. The van der Waals surface area contributed by atoms with Gasteiger partial charge in [-0.1, -0.05) is 0 Å². The smallest absolute Gasteiger partial charge is 0.342 e. The molecule has 0 saturated carbocycles. The maximum absolute atomic E-state index is 11.5. The first-order valence-corrected chi connectivity index (χ1v) is 2.62. The average Bonchev–Trinajstić information content (AvgIpc) is 1.56. The Morgan fingerprint density at radius 2 is 1.17 bits per heavy atom. The predicted molar refractivity (Wildman–Crippen MR) is 25.6 cm³/mol. The van der Waals surface area contributed by atoms with Crippen molar-refractivity contribution in [2.75, 3.05) is 0 Å². The molecule has 0 saturated heterocycles. The minimum Gasteiger partial charge on any atom is -0.342 e. The van der Waals surface area contributed by atoms with Gasteiger partial charge in [0.25, 0.3) is 0 Å². The molecule has 0 amide bonds. The van der Waals surface area contributed by atoms with Gasteiger partial charge in [-0.05, 0) is 0 Å². The second kappa shape index (κ2) is 4.72. The first-order chi connectivity index (χ1) is 4.69. The van der Waals surface area contributed by atoms with E-state index in [-0.39, 0.29) is 29.6 Å². The zero-order valence-electron chi connectivity index (χ0n) is 6.26. The Hall–Kier alpha value is 0.580. The summed E-state index contributed by atoms with van der Waals surface area (Å²) in [7, 11) is 0. The van der Waals surface area contributed by atoms with Crippen molar-refractivity contribution in [3.63, 3.8) is 0 Å². The maximum Gasteiger partial charge on any atom is 1.00 e. The molecule has 0 aromatic rings. The summed E-state index contributed by atoms with van der Waals surface area (Å²) < 4.78 is 68.7. The van der Waals surface area contributed by atoms with Gasteiger partial charge in [0.1, 0.15) is 5.92 Å². The second-order valence-corrected chi connectivity index (χ2v) is 1.92. The summed E-state index contributed by atoms with van der Waals surface area (Å²) in [4.78, 5) is 0. The number of hydrogen-bond donors (Lipinski definition) is 0. The van der Waals surface area contributed by atoms with Crippen LogP contribution in [0.15, 0.2) is 0 Å². The Morgan fingerprint density at radius 1 is 0.917 bits per heavy atom. The van der Waals surface area contributed by atoms with Gasteiger partial charge in [0.05, 0.1) is 0 Å². The molecule has 7 heteroatoms. The normalized spacial score (nSPS) is 13.0. The number of alkyl halides is 6. The van der Waals surface area contributed by atoms with Crippen LogP contribution in [-0.4, -0.2) is 12.4 Å². The molecule has 0 aliphatic heterocycles. The van der Waals surface area contributed by atoms with Crippen molar-refractivity contribution < 1.29 is 55.9 Å². The molecule has 0 spiro atoms. The van der Waals surface area contributed by atoms with Gasteiger partial charge >= 0.3 is 41.9 Å². The van der Waals surface area contributed by atoms with E-state index < -0.39 is 24.7 Å². The molecular formula is C5H5F6Na. The van der Waals surface area contributed by atoms with Crippen LogP contribution in [-0.2, 0) is 0 Å². The van der Waals surface area contributed by atoms with Gasteiger partial charge in [0, 0.05) is 0 Å². The molecule has 0 bridgehead atoms. The van der Waals surface area contributed by atoms with Crippen LogP contribution in [0.5, 0.6) is 0 Å². The van der Waals surface area contributed by atoms with Crippen LogP contribution in [0.25, 0.3) is 0 Å². The Labute approximate surface area is 87.6 Å². The average molecular weight is 202 g/mol. The maximum atomic E-state index is 11.5. The molecule has 68 valence electrons. The van der Waals surface area contributed by atoms with E-state index in [1.54, 1.807) is 0 Å². The number of hydrogen-bond acceptors (Lipinski definition) is 0.